The van der Waals surface area contributed by atoms with Crippen molar-refractivity contribution in [2.24, 2.45) is 0 Å². The van der Waals surface area contributed by atoms with Gasteiger partial charge in [-0.15, -0.1) is 0 Å². The molecule has 2 nitrogen and oxygen atoms in total. The van der Waals surface area contributed by atoms with Crippen molar-refractivity contribution < 1.29 is 0 Å². The molecule has 0 N–H and O–H groups in total. The molecule has 2 heteroatoms. The highest BCUT2D eigenvalue weighted by molar-refractivity contribution is 5.22. The van der Waals surface area contributed by atoms with Crippen LogP contribution in [0.1, 0.15) is 38.5 Å². The van der Waals surface area contributed by atoms with Gasteiger partial charge in [0.25, 0.3) is 0 Å². The Bertz CT molecular complexity index is 291. The average molecular weight is 186 g/mol. The highest BCUT2D eigenvalue weighted by Crippen LogP contribution is 2.24. The molecule has 0 bridgehead atoms. The number of hydrogen-bond acceptors (Lipinski definition) is 2. The lowest BCUT2D eigenvalue weighted by atomic mass is 9.93. The van der Waals surface area contributed by atoms with Crippen molar-refractivity contribution in [1.82, 2.24) is 0 Å². The molecule has 0 radical (unpaired) electrons. The summed E-state index contributed by atoms with van der Waals surface area (Å²) in [5, 5.41) is 17.4. The molecule has 1 rings (SSSR count). The molecule has 0 aliphatic heterocycles. The van der Waals surface area contributed by atoms with E-state index >= 15 is 0 Å². The zero-order valence-electron chi connectivity index (χ0n) is 8.29. The molecule has 72 valence electrons. The lowest BCUT2D eigenvalue weighted by Gasteiger charge is -2.11. The Morgan fingerprint density at radius 2 is 1.36 bits per heavy atom. The van der Waals surface area contributed by atoms with Gasteiger partial charge in [-0.3, -0.25) is 0 Å². The van der Waals surface area contributed by atoms with E-state index in [9.17, 15) is 0 Å². The van der Waals surface area contributed by atoms with Gasteiger partial charge >= 0.3 is 0 Å². The number of nitriles is 2. The third kappa shape index (κ3) is 3.07. The van der Waals surface area contributed by atoms with E-state index < -0.39 is 0 Å². The van der Waals surface area contributed by atoms with Crippen LogP contribution in [-0.2, 0) is 0 Å². The van der Waals surface area contributed by atoms with Crippen LogP contribution in [0.4, 0.5) is 0 Å². The molecule has 1 aliphatic carbocycles. The summed E-state index contributed by atoms with van der Waals surface area (Å²) in [5.41, 5.74) is 2.39. The molecule has 0 atom stereocenters. The molecule has 0 amide bonds. The summed E-state index contributed by atoms with van der Waals surface area (Å²) in [4.78, 5) is 0. The summed E-state index contributed by atoms with van der Waals surface area (Å²) in [5.74, 6) is 0. The maximum absolute atomic E-state index is 8.68. The second-order valence-corrected chi connectivity index (χ2v) is 3.43. The zero-order chi connectivity index (χ0) is 10.2. The van der Waals surface area contributed by atoms with Gasteiger partial charge in [0, 0.05) is 0 Å². The molecule has 0 aromatic heterocycles. The Morgan fingerprint density at radius 1 is 0.929 bits per heavy atom. The predicted octanol–water partition coefficient (Wildman–Crippen LogP) is 3.24. The minimum atomic E-state index is 0.491. The average Bonchev–Trinajstić information content (AvgIpc) is 2.16. The molecule has 14 heavy (non-hydrogen) atoms. The predicted molar refractivity (Wildman–Crippen MR) is 55.1 cm³/mol. The van der Waals surface area contributed by atoms with Gasteiger partial charge in [0.15, 0.2) is 0 Å². The van der Waals surface area contributed by atoms with Gasteiger partial charge in [-0.25, -0.2) is 0 Å². The van der Waals surface area contributed by atoms with Crippen LogP contribution in [0, 0.1) is 22.7 Å². The van der Waals surface area contributed by atoms with Crippen molar-refractivity contribution in [3.63, 3.8) is 0 Å². The monoisotopic (exact) mass is 186 g/mol. The van der Waals surface area contributed by atoms with E-state index in [0.29, 0.717) is 12.8 Å². The molecule has 0 saturated carbocycles. The van der Waals surface area contributed by atoms with Gasteiger partial charge in [-0.05, 0) is 25.7 Å². The van der Waals surface area contributed by atoms with E-state index in [4.69, 9.17) is 10.5 Å². The van der Waals surface area contributed by atoms with Crippen LogP contribution in [0.5, 0.6) is 0 Å². The van der Waals surface area contributed by atoms with E-state index in [0.717, 1.165) is 25.7 Å². The molecule has 0 aromatic carbocycles. The summed E-state index contributed by atoms with van der Waals surface area (Å²) in [6.07, 6.45) is 9.22. The normalized spacial score (nSPS) is 16.7. The molecular weight excluding hydrogens is 172 g/mol. The maximum atomic E-state index is 8.68. The molecule has 0 spiro atoms. The van der Waals surface area contributed by atoms with Gasteiger partial charge in [-0.2, -0.15) is 10.5 Å². The van der Waals surface area contributed by atoms with E-state index in [2.05, 4.69) is 24.3 Å². The first kappa shape index (κ1) is 10.5. The second-order valence-electron chi connectivity index (χ2n) is 3.43. The first-order valence-corrected chi connectivity index (χ1v) is 4.97. The Labute approximate surface area is 85.2 Å². The first-order valence-electron chi connectivity index (χ1n) is 4.97. The van der Waals surface area contributed by atoms with Crippen LogP contribution in [0.3, 0.4) is 0 Å². The van der Waals surface area contributed by atoms with Crippen LogP contribution in [0.2, 0.25) is 0 Å². The van der Waals surface area contributed by atoms with Crippen molar-refractivity contribution in [3.05, 3.63) is 23.3 Å². The van der Waals surface area contributed by atoms with Crippen molar-refractivity contribution in [2.75, 3.05) is 0 Å². The third-order valence-corrected chi connectivity index (χ3v) is 2.48. The lowest BCUT2D eigenvalue weighted by molar-refractivity contribution is 0.827. The zero-order valence-corrected chi connectivity index (χ0v) is 8.29. The highest BCUT2D eigenvalue weighted by atomic mass is 14.3. The smallest absolute Gasteiger partial charge is 0.0666 e. The molecule has 0 heterocycles. The first-order chi connectivity index (χ1) is 6.88. The Balaban J connectivity index is 2.78. The fraction of sp³-hybridized carbons (Fsp3) is 0.500. The largest absolute Gasteiger partial charge is 0.198 e. The topological polar surface area (TPSA) is 47.6 Å². The van der Waals surface area contributed by atoms with Crippen LogP contribution in [-0.4, -0.2) is 0 Å². The van der Waals surface area contributed by atoms with Crippen molar-refractivity contribution >= 4 is 0 Å². The van der Waals surface area contributed by atoms with Gasteiger partial charge in [0.2, 0.25) is 0 Å². The number of rotatable bonds is 2. The Morgan fingerprint density at radius 3 is 1.71 bits per heavy atom. The van der Waals surface area contributed by atoms with Gasteiger partial charge in [0.05, 0.1) is 25.0 Å². The molecule has 0 fully saturated rings. The molecule has 1 aliphatic rings. The summed E-state index contributed by atoms with van der Waals surface area (Å²) in [6.45, 7) is 0. The lowest BCUT2D eigenvalue weighted by Crippen LogP contribution is -1.94. The Hall–Kier alpha value is -1.54. The van der Waals surface area contributed by atoms with E-state index in [1.165, 1.54) is 11.1 Å². The second kappa shape index (κ2) is 6.00. The van der Waals surface area contributed by atoms with Crippen molar-refractivity contribution in [2.45, 2.75) is 38.5 Å². The minimum absolute atomic E-state index is 0.491. The standard InChI is InChI=1S/C12H14N2/c13-9-7-11-5-3-1-2-4-6-12(11)8-10-14/h1-2H,3-8H2. The SMILES string of the molecule is N#CCC1=C(CC#N)CCC=CCC1. The van der Waals surface area contributed by atoms with Crippen LogP contribution in [0.25, 0.3) is 0 Å². The fourth-order valence-corrected chi connectivity index (χ4v) is 1.72. The van der Waals surface area contributed by atoms with Gasteiger partial charge in [-0.1, -0.05) is 23.3 Å². The molecular formula is C12H14N2. The van der Waals surface area contributed by atoms with Crippen LogP contribution >= 0.6 is 0 Å². The van der Waals surface area contributed by atoms with Crippen molar-refractivity contribution in [3.8, 4) is 12.1 Å². The molecule has 0 unspecified atom stereocenters. The third-order valence-electron chi connectivity index (χ3n) is 2.48. The molecule has 0 aromatic rings. The quantitative estimate of drug-likeness (QED) is 0.621. The highest BCUT2D eigenvalue weighted by Gasteiger charge is 2.07. The summed E-state index contributed by atoms with van der Waals surface area (Å²) in [7, 11) is 0. The summed E-state index contributed by atoms with van der Waals surface area (Å²) >= 11 is 0. The number of allylic oxidation sites excluding steroid dienone is 4. The molecule has 0 saturated heterocycles. The fourth-order valence-electron chi connectivity index (χ4n) is 1.72. The number of hydrogen-bond donors (Lipinski definition) is 0. The van der Waals surface area contributed by atoms with Crippen LogP contribution in [0.15, 0.2) is 23.3 Å². The summed E-state index contributed by atoms with van der Waals surface area (Å²) < 4.78 is 0. The van der Waals surface area contributed by atoms with Crippen LogP contribution < -0.4 is 0 Å². The maximum Gasteiger partial charge on any atom is 0.0666 e. The Kier molecular flexibility index (Phi) is 4.51. The van der Waals surface area contributed by atoms with E-state index in [1.807, 2.05) is 0 Å². The van der Waals surface area contributed by atoms with Gasteiger partial charge < -0.3 is 0 Å². The van der Waals surface area contributed by atoms with Crippen molar-refractivity contribution in [1.29, 1.82) is 10.5 Å². The van der Waals surface area contributed by atoms with E-state index in [-0.39, 0.29) is 0 Å². The number of nitrogens with zero attached hydrogens (tertiary/aromatic N) is 2. The summed E-state index contributed by atoms with van der Waals surface area (Å²) in [6, 6.07) is 4.37. The minimum Gasteiger partial charge on any atom is -0.198 e. The van der Waals surface area contributed by atoms with E-state index in [1.54, 1.807) is 0 Å². The van der Waals surface area contributed by atoms with Gasteiger partial charge in [0.1, 0.15) is 0 Å².